The molecule has 34 heavy (non-hydrogen) atoms. The first-order chi connectivity index (χ1) is 16.3. The van der Waals surface area contributed by atoms with Crippen molar-refractivity contribution < 1.29 is 27.3 Å². The predicted molar refractivity (Wildman–Crippen MR) is 131 cm³/mol. The topological polar surface area (TPSA) is 133 Å². The fourth-order valence-electron chi connectivity index (χ4n) is 4.11. The average Bonchev–Trinajstić information content (AvgIpc) is 2.80. The molecule has 0 amide bonds. The Kier molecular flexibility index (Phi) is 6.80. The number of carbonyl (C=O) groups is 1. The van der Waals surface area contributed by atoms with Crippen molar-refractivity contribution in [1.29, 1.82) is 0 Å². The summed E-state index contributed by atoms with van der Waals surface area (Å²) in [5, 5.41) is 14.9. The summed E-state index contributed by atoms with van der Waals surface area (Å²) in [7, 11) is -4.08. The molecule has 0 saturated heterocycles. The van der Waals surface area contributed by atoms with Crippen molar-refractivity contribution in [3.05, 3.63) is 53.9 Å². The van der Waals surface area contributed by atoms with E-state index in [0.717, 1.165) is 16.1 Å². The number of aliphatic carboxylic acids is 1. The van der Waals surface area contributed by atoms with E-state index in [1.807, 2.05) is 60.0 Å². The van der Waals surface area contributed by atoms with Crippen LogP contribution in [-0.4, -0.2) is 54.4 Å². The van der Waals surface area contributed by atoms with Gasteiger partial charge in [0.15, 0.2) is 17.0 Å². The first kappa shape index (κ1) is 23.7. The maximum absolute atomic E-state index is 11.3. The number of para-hydroxylation sites is 2. The first-order valence-electron chi connectivity index (χ1n) is 11.0. The van der Waals surface area contributed by atoms with Gasteiger partial charge in [0.1, 0.15) is 24.3 Å². The molecule has 0 saturated carbocycles. The van der Waals surface area contributed by atoms with E-state index in [1.54, 1.807) is 0 Å². The molecule has 3 N–H and O–H groups in total. The molecule has 0 bridgehead atoms. The lowest BCUT2D eigenvalue weighted by Gasteiger charge is -2.16. The molecule has 9 nitrogen and oxygen atoms in total. The van der Waals surface area contributed by atoms with Crippen molar-refractivity contribution in [2.75, 3.05) is 30.7 Å². The van der Waals surface area contributed by atoms with Crippen LogP contribution in [0.2, 0.25) is 0 Å². The summed E-state index contributed by atoms with van der Waals surface area (Å²) in [6.45, 7) is 3.03. The lowest BCUT2D eigenvalue weighted by atomic mass is 10.0. The molecule has 0 aromatic heterocycles. The maximum Gasteiger partial charge on any atom is 0.305 e. The molecule has 0 fully saturated rings. The second-order valence-electron chi connectivity index (χ2n) is 7.92. The first-order valence-corrected chi connectivity index (χ1v) is 12.6. The molecular formula is C24H26N3O6S+. The normalized spacial score (nSPS) is 12.9. The zero-order chi connectivity index (χ0) is 24.3. The molecule has 10 heteroatoms. The van der Waals surface area contributed by atoms with Gasteiger partial charge in [-0.3, -0.25) is 9.35 Å². The van der Waals surface area contributed by atoms with Gasteiger partial charge in [0.05, 0.1) is 17.6 Å². The average molecular weight is 485 g/mol. The van der Waals surface area contributed by atoms with E-state index in [4.69, 9.17) is 14.5 Å². The smallest absolute Gasteiger partial charge is 0.305 e. The second-order valence-corrected chi connectivity index (χ2v) is 9.49. The van der Waals surface area contributed by atoms with Crippen LogP contribution in [0, 0.1) is 0 Å². The summed E-state index contributed by atoms with van der Waals surface area (Å²) in [4.78, 5) is 16.0. The monoisotopic (exact) mass is 484 g/mol. The number of carboxylic acid groups (broad SMARTS) is 1. The minimum Gasteiger partial charge on any atom is -0.481 e. The quantitative estimate of drug-likeness (QED) is 0.143. The zero-order valence-corrected chi connectivity index (χ0v) is 19.5. The van der Waals surface area contributed by atoms with Crippen molar-refractivity contribution >= 4 is 43.6 Å². The van der Waals surface area contributed by atoms with Crippen molar-refractivity contribution in [2.24, 2.45) is 0 Å². The summed E-state index contributed by atoms with van der Waals surface area (Å²) >= 11 is 0. The van der Waals surface area contributed by atoms with E-state index in [2.05, 4.69) is 5.32 Å². The lowest BCUT2D eigenvalue weighted by Crippen LogP contribution is -2.35. The Morgan fingerprint density at radius 3 is 2.53 bits per heavy atom. The number of aromatic nitrogens is 1. The molecular weight excluding hydrogens is 458 g/mol. The van der Waals surface area contributed by atoms with Crippen molar-refractivity contribution in [1.82, 2.24) is 9.56 Å². The Bertz CT molecular complexity index is 1510. The van der Waals surface area contributed by atoms with E-state index in [9.17, 15) is 17.8 Å². The van der Waals surface area contributed by atoms with E-state index in [0.29, 0.717) is 41.3 Å². The number of nitrogens with one attached hydrogen (secondary N) is 1. The highest BCUT2D eigenvalue weighted by molar-refractivity contribution is 7.85. The maximum atomic E-state index is 11.3. The Hall–Kier alpha value is -3.50. The highest BCUT2D eigenvalue weighted by atomic mass is 32.2. The summed E-state index contributed by atoms with van der Waals surface area (Å²) in [5.41, 5.74) is 2.53. The van der Waals surface area contributed by atoms with E-state index < -0.39 is 16.1 Å². The molecule has 2 aliphatic rings. The number of nitrogens with zero attached hydrogens (tertiary/aromatic N) is 2. The highest BCUT2D eigenvalue weighted by Crippen LogP contribution is 2.35. The van der Waals surface area contributed by atoms with Gasteiger partial charge in [0.2, 0.25) is 5.36 Å². The Morgan fingerprint density at radius 1 is 1.12 bits per heavy atom. The van der Waals surface area contributed by atoms with E-state index in [1.165, 1.54) is 0 Å². The van der Waals surface area contributed by atoms with Gasteiger partial charge in [0, 0.05) is 18.4 Å². The summed E-state index contributed by atoms with van der Waals surface area (Å²) < 4.78 is 40.0. The number of anilines is 1. The molecule has 178 valence electrons. The molecule has 1 heterocycles. The number of benzene rings is 3. The van der Waals surface area contributed by atoms with Crippen LogP contribution >= 0.6 is 0 Å². The van der Waals surface area contributed by atoms with Gasteiger partial charge < -0.3 is 14.8 Å². The molecule has 0 atom stereocenters. The molecule has 1 aliphatic heterocycles. The van der Waals surface area contributed by atoms with Crippen molar-refractivity contribution in [3.63, 3.8) is 0 Å². The molecule has 2 aromatic rings. The summed E-state index contributed by atoms with van der Waals surface area (Å²) in [5.74, 6) is -0.793. The summed E-state index contributed by atoms with van der Waals surface area (Å²) in [6, 6.07) is 15.1. The third kappa shape index (κ3) is 5.02. The van der Waals surface area contributed by atoms with Crippen molar-refractivity contribution in [2.45, 2.75) is 19.8 Å². The molecule has 4 rings (SSSR count). The third-order valence-corrected chi connectivity index (χ3v) is 6.40. The number of rotatable bonds is 9. The van der Waals surface area contributed by atoms with Crippen LogP contribution in [0.15, 0.2) is 52.9 Å². The van der Waals surface area contributed by atoms with Crippen LogP contribution < -0.4 is 15.2 Å². The number of hydrogen-bond acceptors (Lipinski definition) is 6. The lowest BCUT2D eigenvalue weighted by molar-refractivity contribution is -0.136. The van der Waals surface area contributed by atoms with Crippen LogP contribution in [-0.2, 0) is 14.9 Å². The number of fused-ring (bicyclic) bond motifs is 4. The summed E-state index contributed by atoms with van der Waals surface area (Å²) in [6.07, 6.45) is 0.129. The van der Waals surface area contributed by atoms with Crippen molar-refractivity contribution in [3.8, 4) is 11.5 Å². The molecule has 0 spiro atoms. The SMILES string of the molecule is CC[N+](CCCS(=O)(=O)O)=c1c(NCCC(=O)O)c2oc3ccccc3nc-2c2ccccc12. The molecule has 0 radical (unpaired) electrons. The molecule has 1 aliphatic carbocycles. The predicted octanol–water partition coefficient (Wildman–Crippen LogP) is 3.04. The van der Waals surface area contributed by atoms with Crippen LogP contribution in [0.5, 0.6) is 0 Å². The number of hydrogen-bond donors (Lipinski definition) is 3. The van der Waals surface area contributed by atoms with Gasteiger partial charge >= 0.3 is 5.97 Å². The van der Waals surface area contributed by atoms with Gasteiger partial charge in [-0.15, -0.1) is 0 Å². The van der Waals surface area contributed by atoms with Gasteiger partial charge in [-0.25, -0.2) is 9.56 Å². The van der Waals surface area contributed by atoms with E-state index >= 15 is 0 Å². The fourth-order valence-corrected chi connectivity index (χ4v) is 4.60. The zero-order valence-electron chi connectivity index (χ0n) is 18.7. The van der Waals surface area contributed by atoms with Crippen LogP contribution in [0.1, 0.15) is 19.8 Å². The van der Waals surface area contributed by atoms with Gasteiger partial charge in [-0.1, -0.05) is 30.3 Å². The largest absolute Gasteiger partial charge is 0.481 e. The minimum atomic E-state index is -4.08. The Balaban J connectivity index is 2.05. The van der Waals surface area contributed by atoms with Crippen LogP contribution in [0.4, 0.5) is 5.69 Å². The van der Waals surface area contributed by atoms with Gasteiger partial charge in [-0.2, -0.15) is 8.42 Å². The second kappa shape index (κ2) is 9.78. The van der Waals surface area contributed by atoms with Crippen LogP contribution in [0.25, 0.3) is 33.3 Å². The Morgan fingerprint density at radius 2 is 1.82 bits per heavy atom. The molecule has 2 aromatic carbocycles. The highest BCUT2D eigenvalue weighted by Gasteiger charge is 2.25. The van der Waals surface area contributed by atoms with Crippen LogP contribution in [0.3, 0.4) is 0 Å². The fraction of sp³-hybridized carbons (Fsp3) is 0.292. The van der Waals surface area contributed by atoms with E-state index in [-0.39, 0.29) is 25.1 Å². The number of carboxylic acids is 1. The van der Waals surface area contributed by atoms with Gasteiger partial charge in [0.25, 0.3) is 10.1 Å². The molecule has 0 unspecified atom stereocenters. The minimum absolute atomic E-state index is 0.0936. The standard InChI is InChI=1S/C24H25N3O6S/c1-2-27(14-7-15-34(30,31)32)23-17-9-4-3-8-16(17)21-24(22(23)25-13-12-20(28)29)33-19-11-6-5-10-18(19)26-21/h3-6,8-11H,2,7,12-15H2,1H3,(H2-,25,26,28,29,30,31,32)/p+1. The third-order valence-electron chi connectivity index (χ3n) is 5.59. The Labute approximate surface area is 196 Å². The van der Waals surface area contributed by atoms with Gasteiger partial charge in [-0.05, 0) is 25.1 Å².